The summed E-state index contributed by atoms with van der Waals surface area (Å²) < 4.78 is 0. The van der Waals surface area contributed by atoms with E-state index in [-0.39, 0.29) is 0 Å². The molecule has 0 saturated carbocycles. The lowest BCUT2D eigenvalue weighted by Crippen LogP contribution is -1.90. The molecule has 0 heterocycles. The lowest BCUT2D eigenvalue weighted by atomic mass is 10.2. The molecule has 0 aliphatic carbocycles. The Labute approximate surface area is 142 Å². The van der Waals surface area contributed by atoms with Crippen LogP contribution >= 0.6 is 10.9 Å². The van der Waals surface area contributed by atoms with E-state index in [0.717, 1.165) is 6.42 Å². The highest BCUT2D eigenvalue weighted by atomic mass is 32.2. The molecule has 3 aromatic rings. The summed E-state index contributed by atoms with van der Waals surface area (Å²) in [6.45, 7) is 6.50. The second kappa shape index (κ2) is 7.06. The van der Waals surface area contributed by atoms with E-state index in [0.29, 0.717) is 0 Å². The van der Waals surface area contributed by atoms with Crippen molar-refractivity contribution >= 4 is 10.9 Å². The first kappa shape index (κ1) is 15.9. The molecule has 0 nitrogen and oxygen atoms in total. The molecule has 118 valence electrons. The summed E-state index contributed by atoms with van der Waals surface area (Å²) in [6.07, 6.45) is 1.09. The van der Waals surface area contributed by atoms with E-state index in [9.17, 15) is 0 Å². The van der Waals surface area contributed by atoms with Crippen LogP contribution in [0.1, 0.15) is 23.6 Å². The fourth-order valence-corrected chi connectivity index (χ4v) is 4.95. The van der Waals surface area contributed by atoms with Gasteiger partial charge in [-0.25, -0.2) is 0 Å². The van der Waals surface area contributed by atoms with Crippen LogP contribution in [0.4, 0.5) is 0 Å². The van der Waals surface area contributed by atoms with Crippen LogP contribution in [-0.2, 0) is 6.42 Å². The number of hydrogen-bond donors (Lipinski definition) is 1. The zero-order valence-corrected chi connectivity index (χ0v) is 15.0. The zero-order chi connectivity index (χ0) is 16.2. The fourth-order valence-electron chi connectivity index (χ4n) is 2.72. The van der Waals surface area contributed by atoms with Gasteiger partial charge in [0.2, 0.25) is 0 Å². The minimum atomic E-state index is -0.488. The van der Waals surface area contributed by atoms with Gasteiger partial charge < -0.3 is 0 Å². The highest BCUT2D eigenvalue weighted by Gasteiger charge is 2.12. The third kappa shape index (κ3) is 3.68. The largest absolute Gasteiger partial charge is 0.173 e. The van der Waals surface area contributed by atoms with E-state index in [1.54, 1.807) is 0 Å². The van der Waals surface area contributed by atoms with Crippen molar-refractivity contribution < 1.29 is 0 Å². The maximum Gasteiger partial charge on any atom is -0.00450 e. The maximum absolute atomic E-state index is 2.31. The maximum atomic E-state index is 2.31. The van der Waals surface area contributed by atoms with E-state index in [1.807, 2.05) is 0 Å². The first-order valence-electron chi connectivity index (χ1n) is 8.20. The summed E-state index contributed by atoms with van der Waals surface area (Å²) in [6, 6.07) is 27.2. The summed E-state index contributed by atoms with van der Waals surface area (Å²) in [5, 5.41) is 0. The predicted octanol–water partition coefficient (Wildman–Crippen LogP) is 6.34. The molecule has 0 aliphatic heterocycles. The van der Waals surface area contributed by atoms with Crippen molar-refractivity contribution in [2.45, 2.75) is 41.9 Å². The average molecular weight is 321 g/mol. The van der Waals surface area contributed by atoms with E-state index in [2.05, 4.69) is 93.6 Å². The van der Waals surface area contributed by atoms with Gasteiger partial charge in [0.1, 0.15) is 0 Å². The van der Waals surface area contributed by atoms with Gasteiger partial charge in [-0.3, -0.25) is 0 Å². The third-order valence-electron chi connectivity index (χ3n) is 4.19. The quantitative estimate of drug-likeness (QED) is 0.532. The normalized spacial score (nSPS) is 11.3. The molecule has 3 aromatic carbocycles. The molecular weight excluding hydrogens is 296 g/mol. The van der Waals surface area contributed by atoms with Crippen LogP contribution in [0.25, 0.3) is 0 Å². The van der Waals surface area contributed by atoms with Gasteiger partial charge in [0.25, 0.3) is 0 Å². The summed E-state index contributed by atoms with van der Waals surface area (Å²) in [4.78, 5) is 4.25. The molecule has 0 saturated heterocycles. The number of hydrogen-bond acceptors (Lipinski definition) is 0. The molecular formula is C22H24S. The van der Waals surface area contributed by atoms with Gasteiger partial charge in [0, 0.05) is 0 Å². The fraction of sp³-hybridized carbons (Fsp3) is 0.182. The van der Waals surface area contributed by atoms with Gasteiger partial charge in [-0.05, 0) is 76.9 Å². The third-order valence-corrected chi connectivity index (χ3v) is 6.63. The van der Waals surface area contributed by atoms with Crippen molar-refractivity contribution in [3.63, 3.8) is 0 Å². The second-order valence-corrected chi connectivity index (χ2v) is 8.25. The highest BCUT2D eigenvalue weighted by Crippen LogP contribution is 2.51. The molecule has 0 atom stereocenters. The summed E-state index contributed by atoms with van der Waals surface area (Å²) >= 11 is 0. The monoisotopic (exact) mass is 320 g/mol. The van der Waals surface area contributed by atoms with Crippen molar-refractivity contribution in [2.24, 2.45) is 0 Å². The van der Waals surface area contributed by atoms with Crippen LogP contribution in [0.15, 0.2) is 87.5 Å². The molecule has 0 bridgehead atoms. The second-order valence-electron chi connectivity index (χ2n) is 6.03. The number of rotatable bonds is 4. The Kier molecular flexibility index (Phi) is 4.88. The van der Waals surface area contributed by atoms with Crippen molar-refractivity contribution in [3.8, 4) is 0 Å². The predicted molar refractivity (Wildman–Crippen MR) is 102 cm³/mol. The van der Waals surface area contributed by atoms with Gasteiger partial charge in [-0.1, -0.05) is 54.4 Å². The molecule has 0 aromatic heterocycles. The topological polar surface area (TPSA) is 0 Å². The van der Waals surface area contributed by atoms with Crippen LogP contribution in [0, 0.1) is 13.8 Å². The van der Waals surface area contributed by atoms with E-state index in [1.165, 1.54) is 31.4 Å². The molecule has 0 N–H and O–H groups in total. The molecule has 3 rings (SSSR count). The molecule has 0 aliphatic rings. The van der Waals surface area contributed by atoms with E-state index in [4.69, 9.17) is 0 Å². The molecule has 23 heavy (non-hydrogen) atoms. The van der Waals surface area contributed by atoms with Crippen LogP contribution < -0.4 is 0 Å². The molecule has 0 amide bonds. The van der Waals surface area contributed by atoms with Gasteiger partial charge in [0.05, 0.1) is 0 Å². The smallest absolute Gasteiger partial charge is 0.00450 e. The van der Waals surface area contributed by atoms with Gasteiger partial charge in [0.15, 0.2) is 0 Å². The first-order chi connectivity index (χ1) is 11.2. The van der Waals surface area contributed by atoms with Crippen LogP contribution in [0.2, 0.25) is 0 Å². The Hall–Kier alpha value is -1.99. The van der Waals surface area contributed by atoms with Crippen molar-refractivity contribution in [1.29, 1.82) is 0 Å². The molecule has 1 heteroatoms. The van der Waals surface area contributed by atoms with E-state index < -0.39 is 10.9 Å². The standard InChI is InChI=1S/C22H24S/c1-4-19-9-15-22(16-10-19)23(20-11-5-17(2)6-12-20)21-13-7-18(3)8-14-21/h5-16,23H,4H2,1-3H3. The molecule has 0 spiro atoms. The van der Waals surface area contributed by atoms with Crippen LogP contribution in [0.3, 0.4) is 0 Å². The molecule has 0 unspecified atom stereocenters. The Morgan fingerprint density at radius 1 is 0.565 bits per heavy atom. The Balaban J connectivity index is 2.08. The van der Waals surface area contributed by atoms with Crippen molar-refractivity contribution in [1.82, 2.24) is 0 Å². The van der Waals surface area contributed by atoms with Gasteiger partial charge >= 0.3 is 0 Å². The number of thiol groups is 1. The Morgan fingerprint density at radius 2 is 0.913 bits per heavy atom. The Bertz CT molecular complexity index is 707. The minimum Gasteiger partial charge on any atom is -0.173 e. The van der Waals surface area contributed by atoms with Crippen LogP contribution in [-0.4, -0.2) is 0 Å². The van der Waals surface area contributed by atoms with Gasteiger partial charge in [-0.2, -0.15) is 10.9 Å². The Morgan fingerprint density at radius 3 is 1.26 bits per heavy atom. The van der Waals surface area contributed by atoms with Crippen molar-refractivity contribution in [2.75, 3.05) is 0 Å². The molecule has 0 radical (unpaired) electrons. The average Bonchev–Trinajstić information content (AvgIpc) is 2.59. The van der Waals surface area contributed by atoms with E-state index >= 15 is 0 Å². The summed E-state index contributed by atoms with van der Waals surface area (Å²) in [5.41, 5.74) is 4.03. The lowest BCUT2D eigenvalue weighted by Gasteiger charge is -2.24. The number of benzene rings is 3. The summed E-state index contributed by atoms with van der Waals surface area (Å²) in [7, 11) is -0.488. The highest BCUT2D eigenvalue weighted by molar-refractivity contribution is 8.17. The number of aryl methyl sites for hydroxylation is 3. The minimum absolute atomic E-state index is 0.488. The van der Waals surface area contributed by atoms with Crippen molar-refractivity contribution in [3.05, 3.63) is 89.5 Å². The van der Waals surface area contributed by atoms with Crippen LogP contribution in [0.5, 0.6) is 0 Å². The first-order valence-corrected chi connectivity index (χ1v) is 9.54. The zero-order valence-electron chi connectivity index (χ0n) is 14.1. The SMILES string of the molecule is CCc1ccc([SH](c2ccc(C)cc2)c2ccc(C)cc2)cc1. The lowest BCUT2D eigenvalue weighted by molar-refractivity contribution is 1.13. The molecule has 0 fully saturated rings. The van der Waals surface area contributed by atoms with Gasteiger partial charge in [-0.15, -0.1) is 0 Å². The summed E-state index contributed by atoms with van der Waals surface area (Å²) in [5.74, 6) is 0.